The number of hydrogen-bond acceptors (Lipinski definition) is 5. The molecule has 0 bridgehead atoms. The van der Waals surface area contributed by atoms with Gasteiger partial charge in [0.1, 0.15) is 12.2 Å². The average Bonchev–Trinajstić information content (AvgIpc) is 3.19. The minimum absolute atomic E-state index is 0. The summed E-state index contributed by atoms with van der Waals surface area (Å²) in [7, 11) is 1.76. The highest BCUT2D eigenvalue weighted by molar-refractivity contribution is 14.0. The molecule has 1 unspecified atom stereocenters. The van der Waals surface area contributed by atoms with E-state index in [2.05, 4.69) is 44.7 Å². The molecule has 2 N–H and O–H groups in total. The summed E-state index contributed by atoms with van der Waals surface area (Å²) in [6.07, 6.45) is 3.55. The monoisotopic (exact) mass is 445 g/mol. The number of nitrogens with one attached hydrogen (secondary N) is 2. The Kier molecular flexibility index (Phi) is 6.58. The minimum atomic E-state index is 0. The number of rotatable bonds is 4. The summed E-state index contributed by atoms with van der Waals surface area (Å²) < 4.78 is 7.27. The highest BCUT2D eigenvalue weighted by atomic mass is 127. The Morgan fingerprint density at radius 3 is 3.04 bits per heavy atom. The van der Waals surface area contributed by atoms with E-state index >= 15 is 0 Å². The molecule has 0 aromatic carbocycles. The molecule has 3 heterocycles. The van der Waals surface area contributed by atoms with Crippen molar-refractivity contribution in [2.24, 2.45) is 4.99 Å². The van der Waals surface area contributed by atoms with Crippen LogP contribution in [0.3, 0.4) is 0 Å². The molecule has 1 aliphatic heterocycles. The van der Waals surface area contributed by atoms with Gasteiger partial charge in [0, 0.05) is 25.6 Å². The maximum absolute atomic E-state index is 5.33. The van der Waals surface area contributed by atoms with Gasteiger partial charge >= 0.3 is 0 Å². The van der Waals surface area contributed by atoms with Gasteiger partial charge in [0.25, 0.3) is 0 Å². The number of aliphatic imine (C=N–C) groups is 1. The smallest absolute Gasteiger partial charge is 0.191 e. The molecule has 1 aliphatic rings. The van der Waals surface area contributed by atoms with Crippen molar-refractivity contribution in [3.63, 3.8) is 0 Å². The largest absolute Gasteiger partial charge is 0.359 e. The van der Waals surface area contributed by atoms with Gasteiger partial charge in [-0.2, -0.15) is 5.10 Å². The molecular formula is C15H24IN7O. The summed E-state index contributed by atoms with van der Waals surface area (Å²) in [4.78, 5) is 8.51. The lowest BCUT2D eigenvalue weighted by Crippen LogP contribution is -2.46. The molecule has 24 heavy (non-hydrogen) atoms. The summed E-state index contributed by atoms with van der Waals surface area (Å²) in [6.45, 7) is 5.55. The Balaban J connectivity index is 0.00000208. The standard InChI is InChI=1S/C15H23N7O.HI/c1-10(2)13-6-12(23-21-13)7-17-15(16-3)20-11-4-5-14-18-9-19-22(14)8-11;/h6,9-11H,4-5,7-8H2,1-3H3,(H2,16,17,20);1H. The van der Waals surface area contributed by atoms with Crippen LogP contribution >= 0.6 is 24.0 Å². The molecule has 2 aromatic rings. The van der Waals surface area contributed by atoms with Crippen LogP contribution in [0.1, 0.15) is 43.5 Å². The van der Waals surface area contributed by atoms with Crippen LogP contribution in [-0.2, 0) is 19.5 Å². The lowest BCUT2D eigenvalue weighted by molar-refractivity contribution is 0.369. The first-order chi connectivity index (χ1) is 11.2. The van der Waals surface area contributed by atoms with Gasteiger partial charge in [0.15, 0.2) is 11.7 Å². The van der Waals surface area contributed by atoms with Crippen molar-refractivity contribution in [2.45, 2.75) is 51.7 Å². The second kappa shape index (κ2) is 8.45. The molecule has 132 valence electrons. The Morgan fingerprint density at radius 2 is 2.33 bits per heavy atom. The molecule has 0 saturated heterocycles. The normalized spacial score (nSPS) is 17.3. The molecule has 0 aliphatic carbocycles. The Labute approximate surface area is 158 Å². The van der Waals surface area contributed by atoms with E-state index in [0.29, 0.717) is 12.5 Å². The van der Waals surface area contributed by atoms with Gasteiger partial charge in [-0.3, -0.25) is 4.99 Å². The van der Waals surface area contributed by atoms with Crippen LogP contribution < -0.4 is 10.6 Å². The van der Waals surface area contributed by atoms with Crippen molar-refractivity contribution in [2.75, 3.05) is 7.05 Å². The lowest BCUT2D eigenvalue weighted by Gasteiger charge is -2.25. The van der Waals surface area contributed by atoms with Gasteiger partial charge in [0.2, 0.25) is 0 Å². The first-order valence-electron chi connectivity index (χ1n) is 7.95. The van der Waals surface area contributed by atoms with Crippen molar-refractivity contribution in [1.29, 1.82) is 0 Å². The van der Waals surface area contributed by atoms with Gasteiger partial charge in [-0.15, -0.1) is 24.0 Å². The fourth-order valence-corrected chi connectivity index (χ4v) is 2.60. The number of hydrogen-bond donors (Lipinski definition) is 2. The molecule has 0 fully saturated rings. The summed E-state index contributed by atoms with van der Waals surface area (Å²) >= 11 is 0. The second-order valence-corrected chi connectivity index (χ2v) is 6.04. The zero-order valence-corrected chi connectivity index (χ0v) is 16.5. The van der Waals surface area contributed by atoms with Crippen LogP contribution in [0, 0.1) is 0 Å². The maximum atomic E-state index is 5.33. The van der Waals surface area contributed by atoms with E-state index in [1.54, 1.807) is 13.4 Å². The third-order valence-electron chi connectivity index (χ3n) is 3.97. The number of guanidine groups is 1. The van der Waals surface area contributed by atoms with E-state index in [1.807, 2.05) is 10.7 Å². The van der Waals surface area contributed by atoms with E-state index < -0.39 is 0 Å². The molecule has 9 heteroatoms. The van der Waals surface area contributed by atoms with E-state index in [-0.39, 0.29) is 30.0 Å². The Morgan fingerprint density at radius 1 is 1.50 bits per heavy atom. The van der Waals surface area contributed by atoms with Gasteiger partial charge in [-0.05, 0) is 12.3 Å². The number of aryl methyl sites for hydroxylation is 1. The van der Waals surface area contributed by atoms with E-state index in [0.717, 1.165) is 42.6 Å². The molecule has 0 spiro atoms. The zero-order chi connectivity index (χ0) is 16.2. The first kappa shape index (κ1) is 18.7. The van der Waals surface area contributed by atoms with Crippen LogP contribution in [0.25, 0.3) is 0 Å². The summed E-state index contributed by atoms with van der Waals surface area (Å²) in [6, 6.07) is 2.27. The minimum Gasteiger partial charge on any atom is -0.359 e. The predicted molar refractivity (Wildman–Crippen MR) is 101 cm³/mol. The van der Waals surface area contributed by atoms with E-state index in [9.17, 15) is 0 Å². The van der Waals surface area contributed by atoms with Crippen LogP contribution in [-0.4, -0.2) is 39.0 Å². The number of halogens is 1. The highest BCUT2D eigenvalue weighted by Gasteiger charge is 2.20. The van der Waals surface area contributed by atoms with Crippen molar-refractivity contribution < 1.29 is 4.52 Å². The average molecular weight is 445 g/mol. The van der Waals surface area contributed by atoms with Crippen LogP contribution in [0.5, 0.6) is 0 Å². The number of aromatic nitrogens is 4. The van der Waals surface area contributed by atoms with Crippen LogP contribution in [0.4, 0.5) is 0 Å². The fourth-order valence-electron chi connectivity index (χ4n) is 2.60. The molecule has 3 rings (SSSR count). The zero-order valence-electron chi connectivity index (χ0n) is 14.2. The van der Waals surface area contributed by atoms with Crippen molar-refractivity contribution >= 4 is 29.9 Å². The van der Waals surface area contributed by atoms with Crippen LogP contribution in [0.15, 0.2) is 21.9 Å². The quantitative estimate of drug-likeness (QED) is 0.423. The topological polar surface area (TPSA) is 93.2 Å². The van der Waals surface area contributed by atoms with E-state index in [1.165, 1.54) is 0 Å². The third-order valence-corrected chi connectivity index (χ3v) is 3.97. The third kappa shape index (κ3) is 4.46. The van der Waals surface area contributed by atoms with Crippen molar-refractivity contribution in [1.82, 2.24) is 30.6 Å². The highest BCUT2D eigenvalue weighted by Crippen LogP contribution is 2.14. The summed E-state index contributed by atoms with van der Waals surface area (Å²) in [5, 5.41) is 15.0. The van der Waals surface area contributed by atoms with Gasteiger partial charge in [-0.1, -0.05) is 19.0 Å². The molecule has 0 radical (unpaired) electrons. The fraction of sp³-hybridized carbons (Fsp3) is 0.600. The summed E-state index contributed by atoms with van der Waals surface area (Å²) in [5.41, 5.74) is 0.968. The Hall–Kier alpha value is -1.65. The first-order valence-corrected chi connectivity index (χ1v) is 7.95. The molecule has 2 aromatic heterocycles. The molecule has 1 atom stereocenters. The maximum Gasteiger partial charge on any atom is 0.191 e. The summed E-state index contributed by atoms with van der Waals surface area (Å²) in [5.74, 6) is 2.97. The van der Waals surface area contributed by atoms with E-state index in [4.69, 9.17) is 4.52 Å². The predicted octanol–water partition coefficient (Wildman–Crippen LogP) is 1.69. The number of nitrogens with zero attached hydrogens (tertiary/aromatic N) is 5. The van der Waals surface area contributed by atoms with Gasteiger partial charge < -0.3 is 15.2 Å². The lowest BCUT2D eigenvalue weighted by atomic mass is 10.1. The number of fused-ring (bicyclic) bond motifs is 1. The molecule has 0 amide bonds. The van der Waals surface area contributed by atoms with Crippen LogP contribution in [0.2, 0.25) is 0 Å². The van der Waals surface area contributed by atoms with Crippen molar-refractivity contribution in [3.05, 3.63) is 29.7 Å². The Bertz CT molecular complexity index is 679. The van der Waals surface area contributed by atoms with Crippen molar-refractivity contribution in [3.8, 4) is 0 Å². The van der Waals surface area contributed by atoms with Gasteiger partial charge in [0.05, 0.1) is 18.8 Å². The molecule has 0 saturated carbocycles. The SMILES string of the molecule is CN=C(NCc1cc(C(C)C)no1)NC1CCc2ncnn2C1.I. The second-order valence-electron chi connectivity index (χ2n) is 6.04. The van der Waals surface area contributed by atoms with Gasteiger partial charge in [-0.25, -0.2) is 9.67 Å². The molecular weight excluding hydrogens is 421 g/mol. The molecule has 8 nitrogen and oxygen atoms in total.